The average molecular weight is 267 g/mol. The lowest BCUT2D eigenvalue weighted by Gasteiger charge is -2.09. The molecule has 0 fully saturated rings. The Kier molecular flexibility index (Phi) is 3.18. The molecule has 2 aromatic carbocycles. The maximum Gasteiger partial charge on any atom is 0.335 e. The predicted octanol–water partition coefficient (Wildman–Crippen LogP) is 2.92. The van der Waals surface area contributed by atoms with Gasteiger partial charge in [0, 0.05) is 5.69 Å². The number of hydrogen-bond donors (Lipinski definition) is 2. The van der Waals surface area contributed by atoms with E-state index in [1.54, 1.807) is 12.1 Å². The number of carbonyl (C=O) groups is 1. The molecule has 3 rings (SSSR count). The van der Waals surface area contributed by atoms with Crippen LogP contribution in [0.2, 0.25) is 0 Å². The second-order valence-corrected chi connectivity index (χ2v) is 5.51. The largest absolute Gasteiger partial charge is 0.478 e. The van der Waals surface area contributed by atoms with Crippen molar-refractivity contribution in [3.63, 3.8) is 0 Å². The summed E-state index contributed by atoms with van der Waals surface area (Å²) in [6.07, 6.45) is 3.12. The fourth-order valence-electron chi connectivity index (χ4n) is 2.99. The van der Waals surface area contributed by atoms with E-state index >= 15 is 0 Å². The van der Waals surface area contributed by atoms with Crippen LogP contribution >= 0.6 is 0 Å². The van der Waals surface area contributed by atoms with Crippen LogP contribution in [-0.4, -0.2) is 11.1 Å². The predicted molar refractivity (Wildman–Crippen MR) is 78.9 cm³/mol. The van der Waals surface area contributed by atoms with E-state index in [4.69, 9.17) is 10.8 Å². The number of fused-ring (bicyclic) bond motifs is 1. The summed E-state index contributed by atoms with van der Waals surface area (Å²) in [6.45, 7) is 0. The minimum Gasteiger partial charge on any atom is -0.478 e. The molecule has 2 aromatic rings. The van der Waals surface area contributed by atoms with Gasteiger partial charge in [-0.25, -0.2) is 4.79 Å². The Morgan fingerprint density at radius 2 is 1.80 bits per heavy atom. The fraction of sp³-hybridized carbons (Fsp3) is 0.235. The van der Waals surface area contributed by atoms with E-state index in [0.717, 1.165) is 24.9 Å². The smallest absolute Gasteiger partial charge is 0.335 e. The van der Waals surface area contributed by atoms with Crippen molar-refractivity contribution in [2.24, 2.45) is 5.92 Å². The molecule has 1 aliphatic rings. The SMILES string of the molecule is Nc1ccc2c(c1)CC(Cc1ccc(C(=O)O)cc1)C2. The molecule has 0 amide bonds. The van der Waals surface area contributed by atoms with E-state index in [0.29, 0.717) is 11.5 Å². The molecule has 0 bridgehead atoms. The summed E-state index contributed by atoms with van der Waals surface area (Å²) < 4.78 is 0. The number of anilines is 1. The maximum atomic E-state index is 10.8. The second-order valence-electron chi connectivity index (χ2n) is 5.51. The zero-order valence-corrected chi connectivity index (χ0v) is 11.2. The first-order chi connectivity index (χ1) is 9.61. The summed E-state index contributed by atoms with van der Waals surface area (Å²) in [6, 6.07) is 13.3. The monoisotopic (exact) mass is 267 g/mol. The highest BCUT2D eigenvalue weighted by atomic mass is 16.4. The highest BCUT2D eigenvalue weighted by molar-refractivity contribution is 5.87. The molecule has 1 atom stereocenters. The minimum absolute atomic E-state index is 0.344. The van der Waals surface area contributed by atoms with E-state index in [9.17, 15) is 4.79 Å². The molecule has 0 radical (unpaired) electrons. The number of carboxylic acid groups (broad SMARTS) is 1. The summed E-state index contributed by atoms with van der Waals surface area (Å²) >= 11 is 0. The molecular weight excluding hydrogens is 250 g/mol. The van der Waals surface area contributed by atoms with Crippen LogP contribution in [0.5, 0.6) is 0 Å². The average Bonchev–Trinajstić information content (AvgIpc) is 2.80. The van der Waals surface area contributed by atoms with Crippen molar-refractivity contribution in [1.82, 2.24) is 0 Å². The fourth-order valence-corrected chi connectivity index (χ4v) is 2.99. The lowest BCUT2D eigenvalue weighted by molar-refractivity contribution is 0.0697. The molecular formula is C17H17NO2. The molecule has 3 N–H and O–H groups in total. The van der Waals surface area contributed by atoms with Gasteiger partial charge in [0.1, 0.15) is 0 Å². The van der Waals surface area contributed by atoms with Crippen LogP contribution in [0.3, 0.4) is 0 Å². The van der Waals surface area contributed by atoms with E-state index in [-0.39, 0.29) is 0 Å². The third-order valence-electron chi connectivity index (χ3n) is 3.97. The molecule has 0 aliphatic heterocycles. The standard InChI is InChI=1S/C17H17NO2/c18-16-6-5-14-8-12(9-15(14)10-16)7-11-1-3-13(4-2-11)17(19)20/h1-6,10,12H,7-9,18H2,(H,19,20). The summed E-state index contributed by atoms with van der Waals surface area (Å²) in [7, 11) is 0. The van der Waals surface area contributed by atoms with Gasteiger partial charge < -0.3 is 10.8 Å². The normalized spacial score (nSPS) is 16.9. The summed E-state index contributed by atoms with van der Waals surface area (Å²) in [5.74, 6) is -0.289. The summed E-state index contributed by atoms with van der Waals surface area (Å²) in [4.78, 5) is 10.8. The Morgan fingerprint density at radius 1 is 1.10 bits per heavy atom. The van der Waals surface area contributed by atoms with Crippen molar-refractivity contribution in [2.75, 3.05) is 5.73 Å². The van der Waals surface area contributed by atoms with Crippen LogP contribution in [0.4, 0.5) is 5.69 Å². The topological polar surface area (TPSA) is 63.3 Å². The number of carboxylic acids is 1. The maximum absolute atomic E-state index is 10.8. The highest BCUT2D eigenvalue weighted by Gasteiger charge is 2.21. The first kappa shape index (κ1) is 12.7. The van der Waals surface area contributed by atoms with Crippen molar-refractivity contribution in [3.8, 4) is 0 Å². The Morgan fingerprint density at radius 3 is 2.50 bits per heavy atom. The molecule has 0 saturated carbocycles. The van der Waals surface area contributed by atoms with Crippen molar-refractivity contribution < 1.29 is 9.90 Å². The number of nitrogens with two attached hydrogens (primary N) is 1. The van der Waals surface area contributed by atoms with Gasteiger partial charge in [0.05, 0.1) is 5.56 Å². The minimum atomic E-state index is -0.875. The van der Waals surface area contributed by atoms with Gasteiger partial charge in [-0.3, -0.25) is 0 Å². The lowest BCUT2D eigenvalue weighted by Crippen LogP contribution is -2.04. The molecule has 3 heteroatoms. The quantitative estimate of drug-likeness (QED) is 0.840. The Labute approximate surface area is 118 Å². The number of benzene rings is 2. The van der Waals surface area contributed by atoms with Crippen molar-refractivity contribution >= 4 is 11.7 Å². The van der Waals surface area contributed by atoms with Gasteiger partial charge in [-0.1, -0.05) is 18.2 Å². The zero-order valence-electron chi connectivity index (χ0n) is 11.2. The third kappa shape index (κ3) is 2.52. The summed E-state index contributed by atoms with van der Waals surface area (Å²) in [5, 5.41) is 8.89. The Bertz CT molecular complexity index is 647. The number of nitrogen functional groups attached to an aromatic ring is 1. The zero-order chi connectivity index (χ0) is 14.1. The first-order valence-corrected chi connectivity index (χ1v) is 6.81. The molecule has 3 nitrogen and oxygen atoms in total. The van der Waals surface area contributed by atoms with E-state index in [1.165, 1.54) is 16.7 Å². The van der Waals surface area contributed by atoms with E-state index in [1.807, 2.05) is 18.2 Å². The van der Waals surface area contributed by atoms with Gasteiger partial charge in [0.25, 0.3) is 0 Å². The second kappa shape index (κ2) is 5.00. The van der Waals surface area contributed by atoms with E-state index in [2.05, 4.69) is 12.1 Å². The van der Waals surface area contributed by atoms with Crippen molar-refractivity contribution in [3.05, 3.63) is 64.7 Å². The van der Waals surface area contributed by atoms with Gasteiger partial charge in [-0.15, -0.1) is 0 Å². The molecule has 0 saturated heterocycles. The highest BCUT2D eigenvalue weighted by Crippen LogP contribution is 2.30. The van der Waals surface area contributed by atoms with Crippen LogP contribution < -0.4 is 5.73 Å². The molecule has 0 aromatic heterocycles. The Balaban J connectivity index is 1.70. The third-order valence-corrected chi connectivity index (χ3v) is 3.97. The first-order valence-electron chi connectivity index (χ1n) is 6.81. The number of aromatic carboxylic acids is 1. The van der Waals surface area contributed by atoms with E-state index < -0.39 is 5.97 Å². The van der Waals surface area contributed by atoms with Gasteiger partial charge >= 0.3 is 5.97 Å². The van der Waals surface area contributed by atoms with Gasteiger partial charge in [-0.05, 0) is 66.1 Å². The van der Waals surface area contributed by atoms with Crippen LogP contribution in [0.1, 0.15) is 27.0 Å². The number of rotatable bonds is 3. The van der Waals surface area contributed by atoms with Crippen molar-refractivity contribution in [1.29, 1.82) is 0 Å². The van der Waals surface area contributed by atoms with Crippen LogP contribution in [0.15, 0.2) is 42.5 Å². The Hall–Kier alpha value is -2.29. The molecule has 102 valence electrons. The van der Waals surface area contributed by atoms with Crippen LogP contribution in [0, 0.1) is 5.92 Å². The number of hydrogen-bond acceptors (Lipinski definition) is 2. The molecule has 0 heterocycles. The molecule has 20 heavy (non-hydrogen) atoms. The van der Waals surface area contributed by atoms with Crippen molar-refractivity contribution in [2.45, 2.75) is 19.3 Å². The molecule has 1 unspecified atom stereocenters. The van der Waals surface area contributed by atoms with Gasteiger partial charge in [0.2, 0.25) is 0 Å². The summed E-state index contributed by atoms with van der Waals surface area (Å²) in [5.41, 5.74) is 10.9. The lowest BCUT2D eigenvalue weighted by atomic mass is 9.96. The van der Waals surface area contributed by atoms with Gasteiger partial charge in [-0.2, -0.15) is 0 Å². The van der Waals surface area contributed by atoms with Crippen LogP contribution in [-0.2, 0) is 19.3 Å². The van der Waals surface area contributed by atoms with Gasteiger partial charge in [0.15, 0.2) is 0 Å². The van der Waals surface area contributed by atoms with Crippen LogP contribution in [0.25, 0.3) is 0 Å². The molecule has 0 spiro atoms. The molecule has 1 aliphatic carbocycles.